The third kappa shape index (κ3) is 1.43. The average Bonchev–Trinajstić information content (AvgIpc) is 2.32. The van der Waals surface area contributed by atoms with Gasteiger partial charge in [0.2, 0.25) is 0 Å². The third-order valence-electron chi connectivity index (χ3n) is 3.40. The van der Waals surface area contributed by atoms with Gasteiger partial charge in [-0.05, 0) is 37.6 Å². The van der Waals surface area contributed by atoms with Gasteiger partial charge in [0, 0.05) is 22.0 Å². The fourth-order valence-corrected chi connectivity index (χ4v) is 2.49. The van der Waals surface area contributed by atoms with E-state index in [2.05, 4.69) is 30.6 Å². The number of fused-ring (bicyclic) bond motifs is 3. The van der Waals surface area contributed by atoms with Crippen LogP contribution in [0.15, 0.2) is 30.0 Å². The van der Waals surface area contributed by atoms with Gasteiger partial charge < -0.3 is 5.73 Å². The molecule has 1 aliphatic heterocycles. The topological polar surface area (TPSA) is 67.3 Å². The van der Waals surface area contributed by atoms with E-state index in [9.17, 15) is 0 Å². The Morgan fingerprint density at radius 1 is 1.22 bits per heavy atom. The van der Waals surface area contributed by atoms with Crippen molar-refractivity contribution >= 4 is 28.2 Å². The summed E-state index contributed by atoms with van der Waals surface area (Å²) in [7, 11) is 0. The molecule has 0 aliphatic carbocycles. The predicted molar refractivity (Wildman–Crippen MR) is 76.4 cm³/mol. The Balaban J connectivity index is 2.41. The largest absolute Gasteiger partial charge is 0.398 e. The highest BCUT2D eigenvalue weighted by Gasteiger charge is 2.16. The number of anilines is 2. The molecule has 0 atom stereocenters. The summed E-state index contributed by atoms with van der Waals surface area (Å²) >= 11 is 0. The van der Waals surface area contributed by atoms with Crippen molar-refractivity contribution in [2.45, 2.75) is 13.8 Å². The summed E-state index contributed by atoms with van der Waals surface area (Å²) in [6.45, 7) is 4.05. The van der Waals surface area contributed by atoms with Gasteiger partial charge in [-0.25, -0.2) is 11.0 Å². The van der Waals surface area contributed by atoms with Crippen LogP contribution in [-0.4, -0.2) is 5.12 Å². The first kappa shape index (κ1) is 10.9. The quantitative estimate of drug-likeness (QED) is 0.489. The van der Waals surface area contributed by atoms with Gasteiger partial charge in [0.05, 0.1) is 11.4 Å². The lowest BCUT2D eigenvalue weighted by atomic mass is 9.97. The van der Waals surface area contributed by atoms with Crippen LogP contribution < -0.4 is 17.0 Å². The lowest BCUT2D eigenvalue weighted by Gasteiger charge is -2.28. The van der Waals surface area contributed by atoms with Crippen LogP contribution in [0.4, 0.5) is 11.4 Å². The predicted octanol–water partition coefficient (Wildman–Crippen LogP) is 2.61. The third-order valence-corrected chi connectivity index (χ3v) is 3.40. The van der Waals surface area contributed by atoms with Gasteiger partial charge in [-0.1, -0.05) is 12.1 Å². The SMILES string of the molecule is CC1=Cc2cc(C)c3c(N)cccc3c2NN1N. The second-order valence-electron chi connectivity index (χ2n) is 4.70. The van der Waals surface area contributed by atoms with Gasteiger partial charge in [0.15, 0.2) is 0 Å². The first-order valence-corrected chi connectivity index (χ1v) is 5.89. The minimum absolute atomic E-state index is 0.796. The van der Waals surface area contributed by atoms with Gasteiger partial charge >= 0.3 is 0 Å². The Labute approximate surface area is 106 Å². The zero-order valence-corrected chi connectivity index (χ0v) is 10.5. The van der Waals surface area contributed by atoms with Gasteiger partial charge in [-0.15, -0.1) is 0 Å². The molecule has 3 rings (SSSR count). The molecule has 1 heterocycles. The highest BCUT2D eigenvalue weighted by atomic mass is 15.7. The lowest BCUT2D eigenvalue weighted by molar-refractivity contribution is 0.434. The minimum Gasteiger partial charge on any atom is -0.398 e. The average molecular weight is 240 g/mol. The number of nitrogens with two attached hydrogens (primary N) is 2. The number of benzene rings is 2. The molecule has 5 N–H and O–H groups in total. The highest BCUT2D eigenvalue weighted by Crippen LogP contribution is 2.36. The van der Waals surface area contributed by atoms with Crippen LogP contribution in [0.25, 0.3) is 16.8 Å². The first-order valence-electron chi connectivity index (χ1n) is 5.89. The molecule has 4 heteroatoms. The fraction of sp³-hybridized carbons (Fsp3) is 0.143. The van der Waals surface area contributed by atoms with Crippen molar-refractivity contribution in [2.75, 3.05) is 11.2 Å². The lowest BCUT2D eigenvalue weighted by Crippen LogP contribution is -2.37. The molecule has 18 heavy (non-hydrogen) atoms. The van der Waals surface area contributed by atoms with Gasteiger partial charge in [0.25, 0.3) is 0 Å². The molecule has 0 aromatic heterocycles. The molecule has 0 bridgehead atoms. The van der Waals surface area contributed by atoms with E-state index in [0.717, 1.165) is 33.4 Å². The van der Waals surface area contributed by atoms with Crippen LogP contribution in [0.1, 0.15) is 18.1 Å². The van der Waals surface area contributed by atoms with E-state index < -0.39 is 0 Å². The number of hydrazine groups is 2. The first-order chi connectivity index (χ1) is 8.58. The molecule has 0 saturated carbocycles. The summed E-state index contributed by atoms with van der Waals surface area (Å²) in [5, 5.41) is 3.72. The molecular weight excluding hydrogens is 224 g/mol. The number of nitrogens with one attached hydrogen (secondary N) is 1. The zero-order valence-electron chi connectivity index (χ0n) is 10.5. The molecule has 92 valence electrons. The number of allylic oxidation sites excluding steroid dienone is 1. The normalized spacial score (nSPS) is 14.2. The summed E-state index contributed by atoms with van der Waals surface area (Å²) in [5.41, 5.74) is 14.4. The molecule has 0 radical (unpaired) electrons. The Kier molecular flexibility index (Phi) is 2.21. The van der Waals surface area contributed by atoms with E-state index in [1.165, 1.54) is 10.7 Å². The Bertz CT molecular complexity index is 673. The van der Waals surface area contributed by atoms with Crippen molar-refractivity contribution in [3.05, 3.63) is 41.1 Å². The molecule has 0 fully saturated rings. The van der Waals surface area contributed by atoms with Crippen molar-refractivity contribution in [1.82, 2.24) is 5.12 Å². The van der Waals surface area contributed by atoms with Crippen LogP contribution in [0.3, 0.4) is 0 Å². The summed E-state index contributed by atoms with van der Waals surface area (Å²) in [5.74, 6) is 5.88. The minimum atomic E-state index is 0.796. The van der Waals surface area contributed by atoms with Crippen LogP contribution in [0.5, 0.6) is 0 Å². The molecule has 4 nitrogen and oxygen atoms in total. The molecule has 0 spiro atoms. The maximum absolute atomic E-state index is 6.06. The molecule has 0 unspecified atom stereocenters. The number of hydrogen-bond acceptors (Lipinski definition) is 4. The van der Waals surface area contributed by atoms with Crippen LogP contribution in [-0.2, 0) is 0 Å². The Morgan fingerprint density at radius 2 is 2.00 bits per heavy atom. The molecule has 0 amide bonds. The molecule has 1 aliphatic rings. The van der Waals surface area contributed by atoms with E-state index in [1.807, 2.05) is 19.1 Å². The van der Waals surface area contributed by atoms with Gasteiger partial charge in [0.1, 0.15) is 0 Å². The van der Waals surface area contributed by atoms with E-state index in [1.54, 1.807) is 0 Å². The van der Waals surface area contributed by atoms with Crippen LogP contribution in [0.2, 0.25) is 0 Å². The van der Waals surface area contributed by atoms with Crippen molar-refractivity contribution in [2.24, 2.45) is 5.84 Å². The maximum Gasteiger partial charge on any atom is 0.0709 e. The van der Waals surface area contributed by atoms with E-state index in [-0.39, 0.29) is 0 Å². The number of nitrogens with zero attached hydrogens (tertiary/aromatic N) is 1. The summed E-state index contributed by atoms with van der Waals surface area (Å²) in [6.07, 6.45) is 2.07. The molecule has 2 aromatic rings. The second-order valence-corrected chi connectivity index (χ2v) is 4.70. The zero-order chi connectivity index (χ0) is 12.9. The summed E-state index contributed by atoms with van der Waals surface area (Å²) < 4.78 is 0. The van der Waals surface area contributed by atoms with E-state index in [4.69, 9.17) is 11.6 Å². The molecular formula is C14H16N4. The fourth-order valence-electron chi connectivity index (χ4n) is 2.49. The van der Waals surface area contributed by atoms with Crippen LogP contribution >= 0.6 is 0 Å². The number of nitrogen functional groups attached to an aromatic ring is 1. The molecule has 2 aromatic carbocycles. The van der Waals surface area contributed by atoms with Gasteiger partial charge in [-0.3, -0.25) is 5.43 Å². The van der Waals surface area contributed by atoms with Gasteiger partial charge in [-0.2, -0.15) is 0 Å². The number of aryl methyl sites for hydroxylation is 1. The standard InChI is InChI=1S/C14H16N4/c1-8-6-10-7-9(2)18(16)17-14(10)11-4-3-5-12(15)13(8)11/h3-7,17H,15-16H2,1-2H3. The highest BCUT2D eigenvalue weighted by molar-refractivity contribution is 6.05. The summed E-state index contributed by atoms with van der Waals surface area (Å²) in [6, 6.07) is 8.08. The molecule has 0 saturated heterocycles. The van der Waals surface area contributed by atoms with Crippen LogP contribution in [0, 0.1) is 6.92 Å². The Morgan fingerprint density at radius 3 is 2.78 bits per heavy atom. The Hall–Kier alpha value is -2.20. The van der Waals surface area contributed by atoms with Crippen molar-refractivity contribution in [3.8, 4) is 0 Å². The van der Waals surface area contributed by atoms with E-state index in [0.29, 0.717) is 0 Å². The monoisotopic (exact) mass is 240 g/mol. The van der Waals surface area contributed by atoms with E-state index >= 15 is 0 Å². The van der Waals surface area contributed by atoms with Crippen molar-refractivity contribution in [3.63, 3.8) is 0 Å². The summed E-state index contributed by atoms with van der Waals surface area (Å²) in [4.78, 5) is 0. The van der Waals surface area contributed by atoms with Crippen molar-refractivity contribution in [1.29, 1.82) is 0 Å². The second kappa shape index (κ2) is 3.65. The van der Waals surface area contributed by atoms with Crippen molar-refractivity contribution < 1.29 is 0 Å². The number of rotatable bonds is 0. The maximum atomic E-state index is 6.06. The number of hydrogen-bond donors (Lipinski definition) is 3. The smallest absolute Gasteiger partial charge is 0.0709 e.